The first kappa shape index (κ1) is 24.9. The molecule has 0 saturated carbocycles. The summed E-state index contributed by atoms with van der Waals surface area (Å²) in [6.07, 6.45) is 2.12. The largest absolute Gasteiger partial charge is 0.459 e. The van der Waals surface area contributed by atoms with E-state index in [2.05, 4.69) is 20.9 Å². The Labute approximate surface area is 186 Å². The second-order valence-corrected chi connectivity index (χ2v) is 6.34. The van der Waals surface area contributed by atoms with Gasteiger partial charge in [-0.2, -0.15) is 0 Å². The van der Waals surface area contributed by atoms with E-state index in [-0.39, 0.29) is 35.9 Å². The highest BCUT2D eigenvalue weighted by Gasteiger charge is 2.12. The summed E-state index contributed by atoms with van der Waals surface area (Å²) in [6.45, 7) is 7.19. The van der Waals surface area contributed by atoms with Crippen molar-refractivity contribution in [1.29, 1.82) is 0 Å². The quantitative estimate of drug-likeness (QED) is 0.214. The second kappa shape index (κ2) is 12.4. The molecule has 9 heteroatoms. The molecule has 29 heavy (non-hydrogen) atoms. The van der Waals surface area contributed by atoms with E-state index in [1.165, 1.54) is 18.4 Å². The number of halogens is 3. The third kappa shape index (κ3) is 7.64. The first-order valence-corrected chi connectivity index (χ1v) is 9.24. The Bertz CT molecular complexity index is 827. The molecule has 1 amide bonds. The molecule has 2 aromatic rings. The fraction of sp³-hybridized carbons (Fsp3) is 0.400. The van der Waals surface area contributed by atoms with Crippen LogP contribution < -0.4 is 16.0 Å². The Morgan fingerprint density at radius 1 is 1.21 bits per heavy atom. The normalized spacial score (nSPS) is 12.1. The van der Waals surface area contributed by atoms with Crippen molar-refractivity contribution in [3.05, 3.63) is 59.1 Å². The molecule has 160 valence electrons. The van der Waals surface area contributed by atoms with Gasteiger partial charge in [0, 0.05) is 25.2 Å². The lowest BCUT2D eigenvalue weighted by Gasteiger charge is -2.18. The fourth-order valence-corrected chi connectivity index (χ4v) is 2.55. The number of benzene rings is 1. The molecule has 1 heterocycles. The summed E-state index contributed by atoms with van der Waals surface area (Å²) < 4.78 is 31.6. The predicted molar refractivity (Wildman–Crippen MR) is 120 cm³/mol. The Hall–Kier alpha value is -2.17. The number of carbonyl (C=O) groups excluding carboxylic acids is 1. The number of carbonyl (C=O) groups is 1. The van der Waals surface area contributed by atoms with E-state index >= 15 is 0 Å². The summed E-state index contributed by atoms with van der Waals surface area (Å²) in [6, 6.07) is 5.29. The highest BCUT2D eigenvalue weighted by molar-refractivity contribution is 14.0. The number of guanidine groups is 1. The SMILES string of the molecule is CCNC(=NCCCNC(=O)c1occc1C)NC(C)c1ccc(F)c(F)c1.I. The number of nitrogens with one attached hydrogen (secondary N) is 3. The van der Waals surface area contributed by atoms with Crippen molar-refractivity contribution in [1.82, 2.24) is 16.0 Å². The number of aryl methyl sites for hydroxylation is 1. The van der Waals surface area contributed by atoms with Gasteiger partial charge in [0.1, 0.15) is 0 Å². The summed E-state index contributed by atoms with van der Waals surface area (Å²) in [5.74, 6) is -1.12. The van der Waals surface area contributed by atoms with Gasteiger partial charge in [-0.3, -0.25) is 9.79 Å². The molecule has 1 unspecified atom stereocenters. The summed E-state index contributed by atoms with van der Waals surface area (Å²) >= 11 is 0. The second-order valence-electron chi connectivity index (χ2n) is 6.34. The van der Waals surface area contributed by atoms with Crippen molar-refractivity contribution in [3.8, 4) is 0 Å². The van der Waals surface area contributed by atoms with Crippen LogP contribution in [0.2, 0.25) is 0 Å². The number of hydrogen-bond acceptors (Lipinski definition) is 3. The van der Waals surface area contributed by atoms with Gasteiger partial charge < -0.3 is 20.4 Å². The average molecular weight is 520 g/mol. The van der Waals surface area contributed by atoms with Gasteiger partial charge in [-0.15, -0.1) is 24.0 Å². The molecule has 0 aliphatic heterocycles. The van der Waals surface area contributed by atoms with E-state index in [1.807, 2.05) is 20.8 Å². The van der Waals surface area contributed by atoms with Crippen LogP contribution in [0.25, 0.3) is 0 Å². The predicted octanol–water partition coefficient (Wildman–Crippen LogP) is 3.92. The van der Waals surface area contributed by atoms with E-state index in [0.717, 1.165) is 11.6 Å². The highest BCUT2D eigenvalue weighted by Crippen LogP contribution is 2.15. The number of rotatable bonds is 8. The summed E-state index contributed by atoms with van der Waals surface area (Å²) in [4.78, 5) is 16.4. The number of amides is 1. The van der Waals surface area contributed by atoms with Crippen LogP contribution in [-0.2, 0) is 0 Å². The molecule has 6 nitrogen and oxygen atoms in total. The summed E-state index contributed by atoms with van der Waals surface area (Å²) in [5, 5.41) is 9.06. The van der Waals surface area contributed by atoms with Gasteiger partial charge in [0.2, 0.25) is 0 Å². The van der Waals surface area contributed by atoms with Gasteiger partial charge in [-0.05, 0) is 51.0 Å². The van der Waals surface area contributed by atoms with E-state index in [1.54, 1.807) is 6.07 Å². The zero-order valence-corrected chi connectivity index (χ0v) is 19.1. The summed E-state index contributed by atoms with van der Waals surface area (Å²) in [7, 11) is 0. The molecular weight excluding hydrogens is 493 g/mol. The van der Waals surface area contributed by atoms with Crippen molar-refractivity contribution in [2.24, 2.45) is 4.99 Å². The van der Waals surface area contributed by atoms with Crippen molar-refractivity contribution < 1.29 is 18.0 Å². The Kier molecular flexibility index (Phi) is 10.6. The minimum atomic E-state index is -0.879. The van der Waals surface area contributed by atoms with Crippen molar-refractivity contribution in [3.63, 3.8) is 0 Å². The molecule has 0 radical (unpaired) electrons. The number of furan rings is 1. The Morgan fingerprint density at radius 2 is 1.97 bits per heavy atom. The minimum Gasteiger partial charge on any atom is -0.459 e. The smallest absolute Gasteiger partial charge is 0.287 e. The molecule has 1 aromatic carbocycles. The topological polar surface area (TPSA) is 78.7 Å². The maximum atomic E-state index is 13.4. The molecule has 1 aromatic heterocycles. The molecule has 0 aliphatic carbocycles. The lowest BCUT2D eigenvalue weighted by Crippen LogP contribution is -2.39. The lowest BCUT2D eigenvalue weighted by atomic mass is 10.1. The monoisotopic (exact) mass is 520 g/mol. The molecular formula is C20H27F2IN4O2. The van der Waals surface area contributed by atoms with Crippen molar-refractivity contribution >= 4 is 35.8 Å². The highest BCUT2D eigenvalue weighted by atomic mass is 127. The van der Waals surface area contributed by atoms with Crippen molar-refractivity contribution in [2.75, 3.05) is 19.6 Å². The van der Waals surface area contributed by atoms with Crippen LogP contribution in [-0.4, -0.2) is 31.5 Å². The van der Waals surface area contributed by atoms with Gasteiger partial charge in [-0.25, -0.2) is 8.78 Å². The van der Waals surface area contributed by atoms with E-state index in [0.29, 0.717) is 43.3 Å². The summed E-state index contributed by atoms with van der Waals surface area (Å²) in [5.41, 5.74) is 1.41. The lowest BCUT2D eigenvalue weighted by molar-refractivity contribution is 0.0925. The molecule has 2 rings (SSSR count). The fourth-order valence-electron chi connectivity index (χ4n) is 2.55. The molecule has 0 saturated heterocycles. The van der Waals surface area contributed by atoms with Crippen molar-refractivity contribution in [2.45, 2.75) is 33.2 Å². The molecule has 0 aliphatic rings. The van der Waals surface area contributed by atoms with Crippen LogP contribution in [0.15, 0.2) is 39.9 Å². The molecule has 0 bridgehead atoms. The van der Waals surface area contributed by atoms with Gasteiger partial charge in [0.05, 0.1) is 12.3 Å². The first-order chi connectivity index (χ1) is 13.4. The van der Waals surface area contributed by atoms with Crippen LogP contribution in [0, 0.1) is 18.6 Å². The van der Waals surface area contributed by atoms with Crippen LogP contribution in [0.3, 0.4) is 0 Å². The maximum Gasteiger partial charge on any atom is 0.287 e. The Balaban J connectivity index is 0.00000420. The van der Waals surface area contributed by atoms with Crippen LogP contribution in [0.1, 0.15) is 48.0 Å². The standard InChI is InChI=1S/C20H26F2N4O2.HI/c1-4-23-20(26-14(3)15-6-7-16(21)17(22)12-15)25-10-5-9-24-19(27)18-13(2)8-11-28-18;/h6-8,11-12,14H,4-5,9-10H2,1-3H3,(H,24,27)(H2,23,25,26);1H. The third-order valence-electron chi connectivity index (χ3n) is 4.10. The van der Waals surface area contributed by atoms with Crippen LogP contribution in [0.4, 0.5) is 8.78 Å². The third-order valence-corrected chi connectivity index (χ3v) is 4.10. The van der Waals surface area contributed by atoms with E-state index in [9.17, 15) is 13.6 Å². The van der Waals surface area contributed by atoms with Gasteiger partial charge in [0.15, 0.2) is 23.4 Å². The zero-order chi connectivity index (χ0) is 20.5. The van der Waals surface area contributed by atoms with Gasteiger partial charge in [-0.1, -0.05) is 6.07 Å². The minimum absolute atomic E-state index is 0. The molecule has 3 N–H and O–H groups in total. The van der Waals surface area contributed by atoms with E-state index in [4.69, 9.17) is 4.42 Å². The molecule has 0 fully saturated rings. The van der Waals surface area contributed by atoms with Crippen LogP contribution >= 0.6 is 24.0 Å². The zero-order valence-electron chi connectivity index (χ0n) is 16.7. The van der Waals surface area contributed by atoms with Crippen LogP contribution in [0.5, 0.6) is 0 Å². The number of aliphatic imine (C=N–C) groups is 1. The first-order valence-electron chi connectivity index (χ1n) is 9.24. The Morgan fingerprint density at radius 3 is 2.59 bits per heavy atom. The van der Waals surface area contributed by atoms with Gasteiger partial charge in [0.25, 0.3) is 5.91 Å². The van der Waals surface area contributed by atoms with E-state index < -0.39 is 11.6 Å². The number of nitrogens with zero attached hydrogens (tertiary/aromatic N) is 1. The molecule has 1 atom stereocenters. The average Bonchev–Trinajstić information content (AvgIpc) is 3.09. The van der Waals surface area contributed by atoms with Gasteiger partial charge >= 0.3 is 0 Å². The maximum absolute atomic E-state index is 13.4. The number of hydrogen-bond donors (Lipinski definition) is 3. The molecule has 0 spiro atoms.